The van der Waals surface area contributed by atoms with E-state index in [1.165, 1.54) is 31.6 Å². The van der Waals surface area contributed by atoms with Crippen LogP contribution in [0.15, 0.2) is 12.4 Å². The summed E-state index contributed by atoms with van der Waals surface area (Å²) < 4.78 is 2.30. The van der Waals surface area contributed by atoms with Crippen LogP contribution in [0.4, 0.5) is 0 Å². The Labute approximate surface area is 91.9 Å². The third-order valence-electron chi connectivity index (χ3n) is 3.09. The van der Waals surface area contributed by atoms with Crippen LogP contribution in [0.3, 0.4) is 0 Å². The number of hydrogen-bond acceptors (Lipinski definition) is 2. The van der Waals surface area contributed by atoms with Crippen LogP contribution < -0.4 is 5.32 Å². The minimum absolute atomic E-state index is 0.517. The van der Waals surface area contributed by atoms with E-state index in [4.69, 9.17) is 0 Å². The number of imidazole rings is 1. The minimum Gasteiger partial charge on any atom is -0.333 e. The smallest absolute Gasteiger partial charge is 0.111 e. The third kappa shape index (κ3) is 2.59. The molecule has 1 aromatic rings. The quantitative estimate of drug-likeness (QED) is 0.823. The van der Waals surface area contributed by atoms with Gasteiger partial charge in [0.1, 0.15) is 5.82 Å². The fourth-order valence-corrected chi connectivity index (χ4v) is 2.29. The monoisotopic (exact) mass is 207 g/mol. The molecule has 0 spiro atoms. The largest absolute Gasteiger partial charge is 0.333 e. The van der Waals surface area contributed by atoms with Crippen molar-refractivity contribution in [3.05, 3.63) is 18.2 Å². The number of nitrogens with one attached hydrogen (secondary N) is 1. The molecule has 1 aliphatic heterocycles. The van der Waals surface area contributed by atoms with Gasteiger partial charge in [-0.15, -0.1) is 0 Å². The van der Waals surface area contributed by atoms with Gasteiger partial charge in [-0.05, 0) is 19.4 Å². The molecule has 1 saturated heterocycles. The molecular weight excluding hydrogens is 186 g/mol. The van der Waals surface area contributed by atoms with Crippen molar-refractivity contribution in [2.24, 2.45) is 0 Å². The van der Waals surface area contributed by atoms with Crippen molar-refractivity contribution in [1.82, 2.24) is 14.9 Å². The van der Waals surface area contributed by atoms with Crippen LogP contribution in [0.5, 0.6) is 0 Å². The van der Waals surface area contributed by atoms with Crippen LogP contribution in [0.2, 0.25) is 0 Å². The average Bonchev–Trinajstić information content (AvgIpc) is 2.67. The van der Waals surface area contributed by atoms with Gasteiger partial charge in [0.15, 0.2) is 0 Å². The molecule has 3 heteroatoms. The summed E-state index contributed by atoms with van der Waals surface area (Å²) >= 11 is 0. The van der Waals surface area contributed by atoms with E-state index in [0.29, 0.717) is 12.0 Å². The fraction of sp³-hybridized carbons (Fsp3) is 0.750. The lowest BCUT2D eigenvalue weighted by Gasteiger charge is -2.24. The molecule has 1 unspecified atom stereocenters. The van der Waals surface area contributed by atoms with E-state index in [-0.39, 0.29) is 0 Å². The summed E-state index contributed by atoms with van der Waals surface area (Å²) in [7, 11) is 0. The van der Waals surface area contributed by atoms with Gasteiger partial charge in [-0.25, -0.2) is 4.98 Å². The van der Waals surface area contributed by atoms with Crippen molar-refractivity contribution in [2.75, 3.05) is 6.54 Å². The molecule has 0 amide bonds. The Balaban J connectivity index is 1.99. The summed E-state index contributed by atoms with van der Waals surface area (Å²) in [4.78, 5) is 4.42. The molecule has 2 rings (SSSR count). The number of hydrogen-bond donors (Lipinski definition) is 1. The highest BCUT2D eigenvalue weighted by Gasteiger charge is 2.15. The van der Waals surface area contributed by atoms with E-state index in [9.17, 15) is 0 Å². The van der Waals surface area contributed by atoms with Gasteiger partial charge in [-0.2, -0.15) is 0 Å². The molecule has 0 aliphatic carbocycles. The van der Waals surface area contributed by atoms with Gasteiger partial charge in [0.25, 0.3) is 0 Å². The Morgan fingerprint density at radius 3 is 3.07 bits per heavy atom. The number of rotatable bonds is 3. The van der Waals surface area contributed by atoms with E-state index < -0.39 is 0 Å². The molecule has 0 radical (unpaired) electrons. The highest BCUT2D eigenvalue weighted by atomic mass is 15.1. The lowest BCUT2D eigenvalue weighted by atomic mass is 10.0. The lowest BCUT2D eigenvalue weighted by molar-refractivity contribution is 0.358. The molecule has 1 aliphatic rings. The van der Waals surface area contributed by atoms with Crippen LogP contribution in [0.25, 0.3) is 0 Å². The maximum absolute atomic E-state index is 4.42. The molecule has 1 aromatic heterocycles. The zero-order valence-electron chi connectivity index (χ0n) is 9.74. The summed E-state index contributed by atoms with van der Waals surface area (Å²) in [5.41, 5.74) is 0. The molecule has 0 aromatic carbocycles. The summed E-state index contributed by atoms with van der Waals surface area (Å²) in [5, 5.41) is 3.57. The molecule has 0 saturated carbocycles. The van der Waals surface area contributed by atoms with Crippen LogP contribution >= 0.6 is 0 Å². The first-order valence-corrected chi connectivity index (χ1v) is 6.02. The van der Waals surface area contributed by atoms with Crippen molar-refractivity contribution in [3.8, 4) is 0 Å². The molecule has 1 atom stereocenters. The summed E-state index contributed by atoms with van der Waals surface area (Å²) in [6.07, 6.45) is 8.01. The zero-order chi connectivity index (χ0) is 10.7. The zero-order valence-corrected chi connectivity index (χ0v) is 9.74. The van der Waals surface area contributed by atoms with E-state index in [1.54, 1.807) is 0 Å². The number of aromatic nitrogens is 2. The van der Waals surface area contributed by atoms with Crippen LogP contribution in [0, 0.1) is 0 Å². The van der Waals surface area contributed by atoms with Crippen LogP contribution in [-0.2, 0) is 6.54 Å². The molecule has 1 N–H and O–H groups in total. The second-order valence-corrected chi connectivity index (χ2v) is 4.74. The highest BCUT2D eigenvalue weighted by molar-refractivity contribution is 4.98. The Morgan fingerprint density at radius 1 is 1.53 bits per heavy atom. The van der Waals surface area contributed by atoms with Crippen molar-refractivity contribution in [3.63, 3.8) is 0 Å². The van der Waals surface area contributed by atoms with Gasteiger partial charge >= 0.3 is 0 Å². The maximum atomic E-state index is 4.42. The number of piperidine rings is 1. The summed E-state index contributed by atoms with van der Waals surface area (Å²) in [6, 6.07) is 0.644. The van der Waals surface area contributed by atoms with Gasteiger partial charge in [-0.3, -0.25) is 0 Å². The summed E-state index contributed by atoms with van der Waals surface area (Å²) in [6.45, 7) is 6.66. The predicted molar refractivity (Wildman–Crippen MR) is 62.0 cm³/mol. The second kappa shape index (κ2) is 4.79. The Kier molecular flexibility index (Phi) is 3.41. The minimum atomic E-state index is 0.517. The van der Waals surface area contributed by atoms with Gasteiger partial charge < -0.3 is 9.88 Å². The molecule has 0 bridgehead atoms. The van der Waals surface area contributed by atoms with Crippen molar-refractivity contribution in [1.29, 1.82) is 0 Å². The van der Waals surface area contributed by atoms with Crippen molar-refractivity contribution >= 4 is 0 Å². The van der Waals surface area contributed by atoms with E-state index in [0.717, 1.165) is 6.54 Å². The SMILES string of the molecule is CC(C)c1nccn1CC1CCCCN1. The molecule has 3 nitrogen and oxygen atoms in total. The van der Waals surface area contributed by atoms with E-state index in [2.05, 4.69) is 34.9 Å². The van der Waals surface area contributed by atoms with Crippen LogP contribution in [-0.4, -0.2) is 22.1 Å². The predicted octanol–water partition coefficient (Wildman–Crippen LogP) is 2.15. The third-order valence-corrected chi connectivity index (χ3v) is 3.09. The highest BCUT2D eigenvalue weighted by Crippen LogP contribution is 2.15. The van der Waals surface area contributed by atoms with Gasteiger partial charge in [0, 0.05) is 30.9 Å². The van der Waals surface area contributed by atoms with Gasteiger partial charge in [-0.1, -0.05) is 20.3 Å². The standard InChI is InChI=1S/C12H21N3/c1-10(2)12-14-7-8-15(12)9-11-5-3-4-6-13-11/h7-8,10-11,13H,3-6,9H2,1-2H3. The average molecular weight is 207 g/mol. The summed E-state index contributed by atoms with van der Waals surface area (Å²) in [5.74, 6) is 1.73. The van der Waals surface area contributed by atoms with Crippen molar-refractivity contribution < 1.29 is 0 Å². The Morgan fingerprint density at radius 2 is 2.40 bits per heavy atom. The molecule has 15 heavy (non-hydrogen) atoms. The Hall–Kier alpha value is -0.830. The van der Waals surface area contributed by atoms with E-state index >= 15 is 0 Å². The van der Waals surface area contributed by atoms with Gasteiger partial charge in [0.05, 0.1) is 0 Å². The first-order valence-electron chi connectivity index (χ1n) is 6.02. The maximum Gasteiger partial charge on any atom is 0.111 e. The normalized spacial score (nSPS) is 22.2. The first-order chi connectivity index (χ1) is 7.27. The topological polar surface area (TPSA) is 29.9 Å². The van der Waals surface area contributed by atoms with Crippen LogP contribution in [0.1, 0.15) is 44.9 Å². The Bertz CT molecular complexity index is 298. The fourth-order valence-electron chi connectivity index (χ4n) is 2.29. The molecule has 1 fully saturated rings. The lowest BCUT2D eigenvalue weighted by Crippen LogP contribution is -2.37. The van der Waals surface area contributed by atoms with Gasteiger partial charge in [0.2, 0.25) is 0 Å². The first kappa shape index (κ1) is 10.7. The number of nitrogens with zero attached hydrogens (tertiary/aromatic N) is 2. The second-order valence-electron chi connectivity index (χ2n) is 4.74. The van der Waals surface area contributed by atoms with Crippen molar-refractivity contribution in [2.45, 2.75) is 51.6 Å². The molecule has 84 valence electrons. The molecular formula is C12H21N3. The van der Waals surface area contributed by atoms with E-state index in [1.807, 2.05) is 6.20 Å². The molecule has 2 heterocycles.